The molecule has 19 heavy (non-hydrogen) atoms. The van der Waals surface area contributed by atoms with E-state index in [2.05, 4.69) is 39.5 Å². The molecule has 1 aromatic heterocycles. The van der Waals surface area contributed by atoms with Crippen LogP contribution < -0.4 is 0 Å². The minimum atomic E-state index is -0.427. The lowest BCUT2D eigenvalue weighted by Crippen LogP contribution is -2.37. The molecule has 6 heteroatoms. The highest BCUT2D eigenvalue weighted by atomic mass is 127. The minimum absolute atomic E-state index is 0.410. The van der Waals surface area contributed by atoms with Crippen LogP contribution in [0.1, 0.15) is 45.4 Å². The molecule has 0 spiro atoms. The van der Waals surface area contributed by atoms with Gasteiger partial charge in [-0.1, -0.05) is 36.5 Å². The molecule has 0 N–H and O–H groups in total. The van der Waals surface area contributed by atoms with Gasteiger partial charge in [0.25, 0.3) is 0 Å². The van der Waals surface area contributed by atoms with Crippen molar-refractivity contribution in [2.75, 3.05) is 6.61 Å². The van der Waals surface area contributed by atoms with E-state index in [1.807, 2.05) is 6.92 Å². The Hall–Kier alpha value is 0.350. The summed E-state index contributed by atoms with van der Waals surface area (Å²) in [4.78, 5) is 8.84. The number of hydrogen-bond donors (Lipinski definition) is 0. The average molecular weight is 415 g/mol. The molecule has 3 nitrogen and oxygen atoms in total. The van der Waals surface area contributed by atoms with E-state index in [4.69, 9.17) is 27.9 Å². The molecule has 2 rings (SSSR count). The van der Waals surface area contributed by atoms with E-state index >= 15 is 0 Å². The molecule has 1 aromatic rings. The average Bonchev–Trinajstić information content (AvgIpc) is 2.35. The lowest BCUT2D eigenvalue weighted by molar-refractivity contribution is -0.0881. The Balaban J connectivity index is 2.44. The van der Waals surface area contributed by atoms with Gasteiger partial charge in [0.15, 0.2) is 5.82 Å². The molecular formula is C13H17Cl2IN2O. The van der Waals surface area contributed by atoms with Gasteiger partial charge in [-0.25, -0.2) is 9.97 Å². The monoisotopic (exact) mass is 414 g/mol. The van der Waals surface area contributed by atoms with Crippen molar-refractivity contribution >= 4 is 45.8 Å². The van der Waals surface area contributed by atoms with Crippen molar-refractivity contribution in [1.82, 2.24) is 9.97 Å². The number of hydrogen-bond acceptors (Lipinski definition) is 3. The SMILES string of the molecule is CCOC1(c2nc(Cl)c(I)c(Cl)n2)CCCC(C)C1. The molecule has 1 aliphatic rings. The van der Waals surface area contributed by atoms with Crippen molar-refractivity contribution in [2.24, 2.45) is 5.92 Å². The second-order valence-electron chi connectivity index (χ2n) is 5.07. The second-order valence-corrected chi connectivity index (χ2v) is 6.87. The van der Waals surface area contributed by atoms with Crippen LogP contribution in [0, 0.1) is 9.49 Å². The van der Waals surface area contributed by atoms with Crippen LogP contribution in [0.25, 0.3) is 0 Å². The Morgan fingerprint density at radius 1 is 1.37 bits per heavy atom. The van der Waals surface area contributed by atoms with Gasteiger partial charge in [0.1, 0.15) is 15.9 Å². The number of ether oxygens (including phenoxy) is 1. The Morgan fingerprint density at radius 2 is 2.00 bits per heavy atom. The molecule has 0 radical (unpaired) electrons. The lowest BCUT2D eigenvalue weighted by atomic mass is 9.78. The smallest absolute Gasteiger partial charge is 0.163 e. The van der Waals surface area contributed by atoms with Crippen molar-refractivity contribution in [3.05, 3.63) is 19.7 Å². The topological polar surface area (TPSA) is 35.0 Å². The van der Waals surface area contributed by atoms with Crippen molar-refractivity contribution in [3.8, 4) is 0 Å². The van der Waals surface area contributed by atoms with Crippen molar-refractivity contribution in [3.63, 3.8) is 0 Å². The number of rotatable bonds is 3. The molecule has 0 aromatic carbocycles. The number of halogens is 3. The summed E-state index contributed by atoms with van der Waals surface area (Å²) in [6.45, 7) is 4.87. The van der Waals surface area contributed by atoms with Crippen LogP contribution in [-0.4, -0.2) is 16.6 Å². The van der Waals surface area contributed by atoms with Crippen LogP contribution in [0.5, 0.6) is 0 Å². The summed E-state index contributed by atoms with van der Waals surface area (Å²) in [5, 5.41) is 0.820. The molecule has 1 heterocycles. The van der Waals surface area contributed by atoms with Crippen LogP contribution in [0.15, 0.2) is 0 Å². The Kier molecular flexibility index (Phi) is 5.31. The van der Waals surface area contributed by atoms with Gasteiger partial charge in [-0.3, -0.25) is 0 Å². The van der Waals surface area contributed by atoms with Gasteiger partial charge >= 0.3 is 0 Å². The van der Waals surface area contributed by atoms with Crippen molar-refractivity contribution < 1.29 is 4.74 Å². The lowest BCUT2D eigenvalue weighted by Gasteiger charge is -2.38. The molecule has 0 aliphatic heterocycles. The van der Waals surface area contributed by atoms with E-state index in [0.717, 1.165) is 19.3 Å². The zero-order valence-electron chi connectivity index (χ0n) is 11.0. The summed E-state index contributed by atoms with van der Waals surface area (Å²) in [6.07, 6.45) is 4.19. The quantitative estimate of drug-likeness (QED) is 0.524. The van der Waals surface area contributed by atoms with E-state index < -0.39 is 5.60 Å². The summed E-state index contributed by atoms with van der Waals surface area (Å²) in [5.74, 6) is 1.23. The van der Waals surface area contributed by atoms with E-state index in [1.165, 1.54) is 6.42 Å². The molecule has 2 unspecified atom stereocenters. The highest BCUT2D eigenvalue weighted by Crippen LogP contribution is 2.42. The van der Waals surface area contributed by atoms with Gasteiger partial charge in [0, 0.05) is 6.61 Å². The van der Waals surface area contributed by atoms with Gasteiger partial charge in [0.05, 0.1) is 3.57 Å². The zero-order valence-corrected chi connectivity index (χ0v) is 14.7. The van der Waals surface area contributed by atoms with Crippen LogP contribution in [0.2, 0.25) is 10.3 Å². The molecule has 2 atom stereocenters. The first kappa shape index (κ1) is 15.7. The Morgan fingerprint density at radius 3 is 2.53 bits per heavy atom. The van der Waals surface area contributed by atoms with Crippen LogP contribution in [-0.2, 0) is 10.3 Å². The van der Waals surface area contributed by atoms with Gasteiger partial charge in [-0.15, -0.1) is 0 Å². The summed E-state index contributed by atoms with van der Waals surface area (Å²) in [7, 11) is 0. The predicted molar refractivity (Wildman–Crippen MR) is 85.7 cm³/mol. The van der Waals surface area contributed by atoms with Gasteiger partial charge < -0.3 is 4.74 Å². The molecule has 0 bridgehead atoms. The highest BCUT2D eigenvalue weighted by Gasteiger charge is 2.40. The Labute approximate surface area is 137 Å². The van der Waals surface area contributed by atoms with E-state index in [0.29, 0.717) is 32.2 Å². The van der Waals surface area contributed by atoms with E-state index in [1.54, 1.807) is 0 Å². The van der Waals surface area contributed by atoms with E-state index in [-0.39, 0.29) is 0 Å². The van der Waals surface area contributed by atoms with Crippen molar-refractivity contribution in [2.45, 2.75) is 45.1 Å². The van der Waals surface area contributed by atoms with Crippen LogP contribution in [0.4, 0.5) is 0 Å². The molecular weight excluding hydrogens is 398 g/mol. The minimum Gasteiger partial charge on any atom is -0.367 e. The summed E-state index contributed by atoms with van der Waals surface area (Å²) in [5.41, 5.74) is -0.427. The Bertz CT molecular complexity index is 445. The maximum absolute atomic E-state index is 6.14. The van der Waals surface area contributed by atoms with Crippen LogP contribution in [0.3, 0.4) is 0 Å². The fourth-order valence-electron chi connectivity index (χ4n) is 2.78. The predicted octanol–water partition coefficient (Wildman–Crippen LogP) is 4.83. The molecule has 1 saturated carbocycles. The highest BCUT2D eigenvalue weighted by molar-refractivity contribution is 14.1. The number of nitrogens with zero attached hydrogens (tertiary/aromatic N) is 2. The third kappa shape index (κ3) is 3.34. The van der Waals surface area contributed by atoms with Crippen molar-refractivity contribution in [1.29, 1.82) is 0 Å². The van der Waals surface area contributed by atoms with Gasteiger partial charge in [-0.05, 0) is 54.7 Å². The molecule has 1 aliphatic carbocycles. The standard InChI is InChI=1S/C13H17Cl2IN2O/c1-3-19-13(6-4-5-8(2)7-13)12-17-10(14)9(16)11(15)18-12/h8H,3-7H2,1-2H3. The molecule has 106 valence electrons. The van der Waals surface area contributed by atoms with Gasteiger partial charge in [0.2, 0.25) is 0 Å². The van der Waals surface area contributed by atoms with Crippen LogP contribution >= 0.6 is 45.8 Å². The molecule has 0 saturated heterocycles. The summed E-state index contributed by atoms with van der Waals surface area (Å²) >= 11 is 14.3. The normalized spacial score (nSPS) is 27.5. The molecule has 1 fully saturated rings. The number of aromatic nitrogens is 2. The van der Waals surface area contributed by atoms with Gasteiger partial charge in [-0.2, -0.15) is 0 Å². The first-order chi connectivity index (χ1) is 8.98. The van der Waals surface area contributed by atoms with E-state index in [9.17, 15) is 0 Å². The maximum Gasteiger partial charge on any atom is 0.163 e. The second kappa shape index (κ2) is 6.41. The molecule has 0 amide bonds. The first-order valence-corrected chi connectivity index (χ1v) is 8.35. The zero-order chi connectivity index (χ0) is 14.0. The largest absolute Gasteiger partial charge is 0.367 e. The first-order valence-electron chi connectivity index (χ1n) is 6.51. The third-order valence-corrected chi connectivity index (χ3v) is 5.76. The fraction of sp³-hybridized carbons (Fsp3) is 0.692. The fourth-order valence-corrected chi connectivity index (χ4v) is 3.40. The summed E-state index contributed by atoms with van der Waals surface area (Å²) in [6, 6.07) is 0. The summed E-state index contributed by atoms with van der Waals surface area (Å²) < 4.78 is 6.73. The maximum atomic E-state index is 6.14. The third-order valence-electron chi connectivity index (χ3n) is 3.55.